The van der Waals surface area contributed by atoms with Crippen molar-refractivity contribution in [2.45, 2.75) is 82.6 Å². The van der Waals surface area contributed by atoms with Crippen molar-refractivity contribution in [2.24, 2.45) is 5.92 Å². The molecule has 0 unspecified atom stereocenters. The molecule has 2 aliphatic rings. The highest BCUT2D eigenvalue weighted by Crippen LogP contribution is 2.38. The number of hydrogen-bond donors (Lipinski definition) is 1. The van der Waals surface area contributed by atoms with E-state index in [0.717, 1.165) is 31.2 Å². The van der Waals surface area contributed by atoms with E-state index in [1.165, 1.54) is 0 Å². The first kappa shape index (κ1) is 23.2. The molecule has 4 rings (SSSR count). The van der Waals surface area contributed by atoms with Gasteiger partial charge < -0.3 is 14.6 Å². The molecule has 2 fully saturated rings. The molecule has 0 amide bonds. The Morgan fingerprint density at radius 2 is 1.81 bits per heavy atom. The summed E-state index contributed by atoms with van der Waals surface area (Å²) in [6.45, 7) is 2.85. The molecule has 1 saturated carbocycles. The number of aromatic nitrogens is 3. The van der Waals surface area contributed by atoms with Gasteiger partial charge in [-0.1, -0.05) is 6.92 Å². The second-order valence-corrected chi connectivity index (χ2v) is 9.13. The van der Waals surface area contributed by atoms with Crippen LogP contribution >= 0.6 is 0 Å². The molecular formula is C23H30F3N3O3. The molecule has 32 heavy (non-hydrogen) atoms. The first-order valence-electron chi connectivity index (χ1n) is 11.4. The lowest BCUT2D eigenvalue weighted by molar-refractivity contribution is -0.143. The third kappa shape index (κ3) is 5.86. The fourth-order valence-electron chi connectivity index (χ4n) is 4.66. The van der Waals surface area contributed by atoms with E-state index in [-0.39, 0.29) is 24.5 Å². The van der Waals surface area contributed by atoms with Gasteiger partial charge >= 0.3 is 6.18 Å². The average Bonchev–Trinajstić information content (AvgIpc) is 2.74. The number of halogens is 3. The zero-order chi connectivity index (χ0) is 22.7. The van der Waals surface area contributed by atoms with E-state index in [2.05, 4.69) is 9.97 Å². The second kappa shape index (κ2) is 9.87. The first-order chi connectivity index (χ1) is 15.3. The Kier molecular flexibility index (Phi) is 7.14. The zero-order valence-electron chi connectivity index (χ0n) is 18.3. The smallest absolute Gasteiger partial charge is 0.389 e. The molecule has 0 radical (unpaired) electrons. The Balaban J connectivity index is 1.65. The number of aliphatic hydroxyl groups excluding tert-OH is 1. The van der Waals surface area contributed by atoms with Crippen molar-refractivity contribution in [2.75, 3.05) is 13.2 Å². The summed E-state index contributed by atoms with van der Waals surface area (Å²) in [6, 6.07) is 0. The van der Waals surface area contributed by atoms with Crippen LogP contribution in [0, 0.1) is 5.92 Å². The van der Waals surface area contributed by atoms with Crippen molar-refractivity contribution >= 4 is 10.9 Å². The monoisotopic (exact) mass is 453 g/mol. The van der Waals surface area contributed by atoms with Gasteiger partial charge in [-0.2, -0.15) is 13.2 Å². The maximum Gasteiger partial charge on any atom is 0.389 e. The van der Waals surface area contributed by atoms with E-state index in [4.69, 9.17) is 14.5 Å². The molecule has 2 aromatic rings. The van der Waals surface area contributed by atoms with Gasteiger partial charge in [-0.25, -0.2) is 15.0 Å². The van der Waals surface area contributed by atoms with Crippen LogP contribution in [0.2, 0.25) is 0 Å². The summed E-state index contributed by atoms with van der Waals surface area (Å²) >= 11 is 0. The topological polar surface area (TPSA) is 77.4 Å². The summed E-state index contributed by atoms with van der Waals surface area (Å²) in [7, 11) is 0. The van der Waals surface area contributed by atoms with Crippen molar-refractivity contribution in [3.63, 3.8) is 0 Å². The third-order valence-electron chi connectivity index (χ3n) is 6.36. The van der Waals surface area contributed by atoms with Crippen LogP contribution in [-0.2, 0) is 11.2 Å². The average molecular weight is 454 g/mol. The summed E-state index contributed by atoms with van der Waals surface area (Å²) < 4.78 is 49.9. The van der Waals surface area contributed by atoms with E-state index in [1.54, 1.807) is 19.3 Å². The van der Waals surface area contributed by atoms with Crippen LogP contribution in [0.25, 0.3) is 10.9 Å². The fraction of sp³-hybridized carbons (Fsp3) is 0.696. The largest absolute Gasteiger partial charge is 0.474 e. The fourth-order valence-corrected chi connectivity index (χ4v) is 4.66. The van der Waals surface area contributed by atoms with E-state index >= 15 is 0 Å². The predicted molar refractivity (Wildman–Crippen MR) is 113 cm³/mol. The van der Waals surface area contributed by atoms with Crippen molar-refractivity contribution in [3.8, 4) is 5.88 Å². The molecular weight excluding hydrogens is 423 g/mol. The number of rotatable bonds is 6. The number of pyridine rings is 1. The number of fused-ring (bicyclic) bond motifs is 1. The zero-order valence-corrected chi connectivity index (χ0v) is 18.3. The quantitative estimate of drug-likeness (QED) is 0.681. The van der Waals surface area contributed by atoms with Gasteiger partial charge in [0, 0.05) is 43.6 Å². The Hall–Kier alpha value is -2.00. The summed E-state index contributed by atoms with van der Waals surface area (Å²) in [4.78, 5) is 13.7. The van der Waals surface area contributed by atoms with Crippen LogP contribution in [0.3, 0.4) is 0 Å². The van der Waals surface area contributed by atoms with E-state index in [1.807, 2.05) is 0 Å². The van der Waals surface area contributed by atoms with Crippen LogP contribution in [0.15, 0.2) is 12.4 Å². The maximum atomic E-state index is 12.8. The minimum absolute atomic E-state index is 0.00149. The first-order valence-corrected chi connectivity index (χ1v) is 11.4. The summed E-state index contributed by atoms with van der Waals surface area (Å²) in [6.07, 6.45) is 2.85. The van der Waals surface area contributed by atoms with Crippen LogP contribution in [0.5, 0.6) is 5.88 Å². The molecule has 1 aliphatic carbocycles. The summed E-state index contributed by atoms with van der Waals surface area (Å²) in [5, 5.41) is 10.6. The Morgan fingerprint density at radius 1 is 1.09 bits per heavy atom. The minimum Gasteiger partial charge on any atom is -0.474 e. The van der Waals surface area contributed by atoms with E-state index < -0.39 is 18.5 Å². The number of alkyl halides is 3. The van der Waals surface area contributed by atoms with Gasteiger partial charge in [0.05, 0.1) is 30.2 Å². The molecule has 3 heterocycles. The van der Waals surface area contributed by atoms with Gasteiger partial charge in [0.1, 0.15) is 11.9 Å². The molecule has 1 aliphatic heterocycles. The summed E-state index contributed by atoms with van der Waals surface area (Å²) in [5.41, 5.74) is 1.66. The van der Waals surface area contributed by atoms with Gasteiger partial charge in [-0.05, 0) is 37.5 Å². The molecule has 1 atom stereocenters. The van der Waals surface area contributed by atoms with Gasteiger partial charge in [0.15, 0.2) is 0 Å². The lowest BCUT2D eigenvalue weighted by Crippen LogP contribution is -2.26. The van der Waals surface area contributed by atoms with Crippen LogP contribution in [0.1, 0.15) is 69.2 Å². The highest BCUT2D eigenvalue weighted by molar-refractivity contribution is 5.85. The minimum atomic E-state index is -4.21. The Bertz CT molecular complexity index is 910. The Morgan fingerprint density at radius 3 is 2.50 bits per heavy atom. The third-order valence-corrected chi connectivity index (χ3v) is 6.36. The van der Waals surface area contributed by atoms with E-state index in [0.29, 0.717) is 48.7 Å². The highest BCUT2D eigenvalue weighted by Gasteiger charge is 2.31. The second-order valence-electron chi connectivity index (χ2n) is 9.13. The molecule has 176 valence electrons. The molecule has 0 spiro atoms. The maximum absolute atomic E-state index is 12.8. The molecule has 1 saturated heterocycles. The Labute approximate surface area is 185 Å². The van der Waals surface area contributed by atoms with Crippen LogP contribution in [-0.4, -0.2) is 51.7 Å². The summed E-state index contributed by atoms with van der Waals surface area (Å²) in [5.74, 6) is 0.442. The lowest BCUT2D eigenvalue weighted by Gasteiger charge is -2.27. The normalized spacial score (nSPS) is 23.9. The lowest BCUT2D eigenvalue weighted by atomic mass is 9.82. The van der Waals surface area contributed by atoms with Gasteiger partial charge in [-0.15, -0.1) is 0 Å². The molecule has 0 bridgehead atoms. The number of aliphatic hydroxyl groups is 1. The van der Waals surface area contributed by atoms with Crippen molar-refractivity contribution in [1.29, 1.82) is 0 Å². The van der Waals surface area contributed by atoms with Crippen molar-refractivity contribution in [3.05, 3.63) is 23.8 Å². The van der Waals surface area contributed by atoms with Gasteiger partial charge in [0.25, 0.3) is 0 Å². The van der Waals surface area contributed by atoms with Gasteiger partial charge in [0.2, 0.25) is 5.88 Å². The molecule has 0 aromatic carbocycles. The molecule has 6 nitrogen and oxygen atoms in total. The number of nitrogens with zero attached hydrogens (tertiary/aromatic N) is 3. The standard InChI is InChI=1S/C23H30F3N3O3/c1-14(11-23(24,25)26)10-20-27-13-19-21(29-20)18(15-2-4-16(30)5-3-15)12-28-22(19)32-17-6-8-31-9-7-17/h12-17,30H,2-11H2,1H3/t14-,15?,16?/m1/s1. The molecule has 9 heteroatoms. The van der Waals surface area contributed by atoms with Crippen LogP contribution < -0.4 is 4.74 Å². The molecule has 1 N–H and O–H groups in total. The van der Waals surface area contributed by atoms with Crippen molar-refractivity contribution in [1.82, 2.24) is 15.0 Å². The van der Waals surface area contributed by atoms with E-state index in [9.17, 15) is 18.3 Å². The molecule has 2 aromatic heterocycles. The number of ether oxygens (including phenoxy) is 2. The number of hydrogen-bond acceptors (Lipinski definition) is 6. The highest BCUT2D eigenvalue weighted by atomic mass is 19.4. The SMILES string of the molecule is C[C@H](Cc1ncc2c(OC3CCOCC3)ncc(C3CCC(O)CC3)c2n1)CC(F)(F)F. The van der Waals surface area contributed by atoms with Crippen molar-refractivity contribution < 1.29 is 27.8 Å². The van der Waals surface area contributed by atoms with Gasteiger partial charge in [-0.3, -0.25) is 0 Å². The van der Waals surface area contributed by atoms with Crippen LogP contribution in [0.4, 0.5) is 13.2 Å². The predicted octanol–water partition coefficient (Wildman–Crippen LogP) is 4.73.